The quantitative estimate of drug-likeness (QED) is 0.629. The highest BCUT2D eigenvalue weighted by Crippen LogP contribution is 2.29. The summed E-state index contributed by atoms with van der Waals surface area (Å²) in [6.45, 7) is 1.99. The summed E-state index contributed by atoms with van der Waals surface area (Å²) >= 11 is 0. The molecule has 2 nitrogen and oxygen atoms in total. The van der Waals surface area contributed by atoms with Crippen LogP contribution >= 0.6 is 0 Å². The number of rotatable bonds is 1. The SMILES string of the molecule is Cc1cccc2c(-c3ccc(F)cc3)onc12. The van der Waals surface area contributed by atoms with Gasteiger partial charge in [0.25, 0.3) is 0 Å². The second kappa shape index (κ2) is 3.70. The zero-order chi connectivity index (χ0) is 11.8. The molecule has 0 radical (unpaired) electrons. The average molecular weight is 227 g/mol. The fourth-order valence-corrected chi connectivity index (χ4v) is 1.91. The smallest absolute Gasteiger partial charge is 0.174 e. The third-order valence-electron chi connectivity index (χ3n) is 2.82. The Balaban J connectivity index is 2.24. The van der Waals surface area contributed by atoms with Gasteiger partial charge in [-0.25, -0.2) is 4.39 Å². The van der Waals surface area contributed by atoms with Gasteiger partial charge in [0.1, 0.15) is 11.3 Å². The first kappa shape index (κ1) is 10.0. The van der Waals surface area contributed by atoms with Crippen molar-refractivity contribution in [2.24, 2.45) is 0 Å². The Kier molecular flexibility index (Phi) is 2.18. The fourth-order valence-electron chi connectivity index (χ4n) is 1.91. The fraction of sp³-hybridized carbons (Fsp3) is 0.0714. The van der Waals surface area contributed by atoms with Crippen LogP contribution in [0.4, 0.5) is 4.39 Å². The van der Waals surface area contributed by atoms with Crippen molar-refractivity contribution in [1.29, 1.82) is 0 Å². The third-order valence-corrected chi connectivity index (χ3v) is 2.82. The summed E-state index contributed by atoms with van der Waals surface area (Å²) in [6.07, 6.45) is 0. The molecule has 0 aliphatic rings. The van der Waals surface area contributed by atoms with Crippen LogP contribution in [-0.4, -0.2) is 5.16 Å². The summed E-state index contributed by atoms with van der Waals surface area (Å²) in [6, 6.07) is 12.1. The number of hydrogen-bond donors (Lipinski definition) is 0. The van der Waals surface area contributed by atoms with Crippen molar-refractivity contribution in [2.75, 3.05) is 0 Å². The summed E-state index contributed by atoms with van der Waals surface area (Å²) in [5.74, 6) is 0.428. The second-order valence-corrected chi connectivity index (χ2v) is 3.99. The molecule has 0 saturated carbocycles. The maximum atomic E-state index is 12.9. The van der Waals surface area contributed by atoms with Gasteiger partial charge in [-0.3, -0.25) is 0 Å². The average Bonchev–Trinajstić information content (AvgIpc) is 2.75. The van der Waals surface area contributed by atoms with Gasteiger partial charge >= 0.3 is 0 Å². The van der Waals surface area contributed by atoms with Crippen LogP contribution in [0.25, 0.3) is 22.2 Å². The van der Waals surface area contributed by atoms with Crippen molar-refractivity contribution in [3.63, 3.8) is 0 Å². The Morgan fingerprint density at radius 2 is 1.82 bits per heavy atom. The lowest BCUT2D eigenvalue weighted by atomic mass is 10.1. The van der Waals surface area contributed by atoms with E-state index in [2.05, 4.69) is 5.16 Å². The topological polar surface area (TPSA) is 26.0 Å². The summed E-state index contributed by atoms with van der Waals surface area (Å²) < 4.78 is 18.2. The van der Waals surface area contributed by atoms with Crippen molar-refractivity contribution >= 4 is 10.9 Å². The maximum Gasteiger partial charge on any atom is 0.174 e. The molecule has 0 spiro atoms. The summed E-state index contributed by atoms with van der Waals surface area (Å²) in [4.78, 5) is 0. The van der Waals surface area contributed by atoms with E-state index >= 15 is 0 Å². The van der Waals surface area contributed by atoms with Crippen LogP contribution in [0.3, 0.4) is 0 Å². The largest absolute Gasteiger partial charge is 0.355 e. The van der Waals surface area contributed by atoms with Crippen LogP contribution in [0.2, 0.25) is 0 Å². The standard InChI is InChI=1S/C14H10FNO/c1-9-3-2-4-12-13(9)16-17-14(12)10-5-7-11(15)8-6-10/h2-8H,1H3. The first-order valence-corrected chi connectivity index (χ1v) is 5.36. The third kappa shape index (κ3) is 1.60. The number of benzene rings is 2. The van der Waals surface area contributed by atoms with E-state index in [9.17, 15) is 4.39 Å². The Labute approximate surface area is 97.7 Å². The second-order valence-electron chi connectivity index (χ2n) is 3.99. The lowest BCUT2D eigenvalue weighted by Crippen LogP contribution is -1.78. The van der Waals surface area contributed by atoms with Gasteiger partial charge in [0.2, 0.25) is 0 Å². The summed E-state index contributed by atoms with van der Waals surface area (Å²) in [5.41, 5.74) is 2.76. The monoisotopic (exact) mass is 227 g/mol. The van der Waals surface area contributed by atoms with E-state index in [1.165, 1.54) is 12.1 Å². The molecule has 17 heavy (non-hydrogen) atoms. The Morgan fingerprint density at radius 1 is 1.06 bits per heavy atom. The first-order valence-electron chi connectivity index (χ1n) is 5.36. The van der Waals surface area contributed by atoms with Gasteiger partial charge in [-0.2, -0.15) is 0 Å². The molecule has 0 aliphatic heterocycles. The molecule has 0 bridgehead atoms. The predicted molar refractivity (Wildman–Crippen MR) is 64.1 cm³/mol. The highest BCUT2D eigenvalue weighted by Gasteiger charge is 2.11. The lowest BCUT2D eigenvalue weighted by Gasteiger charge is -1.97. The van der Waals surface area contributed by atoms with E-state index in [0.29, 0.717) is 5.76 Å². The van der Waals surface area contributed by atoms with E-state index in [1.807, 2.05) is 25.1 Å². The van der Waals surface area contributed by atoms with E-state index in [-0.39, 0.29) is 5.82 Å². The molecule has 3 aromatic rings. The zero-order valence-electron chi connectivity index (χ0n) is 9.27. The van der Waals surface area contributed by atoms with Crippen LogP contribution < -0.4 is 0 Å². The molecule has 3 heteroatoms. The van der Waals surface area contributed by atoms with Gasteiger partial charge in [-0.1, -0.05) is 17.3 Å². The van der Waals surface area contributed by atoms with Gasteiger partial charge in [0, 0.05) is 10.9 Å². The Bertz CT molecular complexity index is 670. The van der Waals surface area contributed by atoms with Crippen molar-refractivity contribution < 1.29 is 8.91 Å². The van der Waals surface area contributed by atoms with Crippen LogP contribution in [-0.2, 0) is 0 Å². The highest BCUT2D eigenvalue weighted by molar-refractivity contribution is 5.93. The molecule has 0 amide bonds. The minimum atomic E-state index is -0.256. The number of aromatic nitrogens is 1. The van der Waals surface area contributed by atoms with Gasteiger partial charge in [-0.15, -0.1) is 0 Å². The summed E-state index contributed by atoms with van der Waals surface area (Å²) in [7, 11) is 0. The normalized spacial score (nSPS) is 10.9. The summed E-state index contributed by atoms with van der Waals surface area (Å²) in [5, 5.41) is 5.00. The zero-order valence-corrected chi connectivity index (χ0v) is 9.27. The van der Waals surface area contributed by atoms with E-state index in [1.54, 1.807) is 12.1 Å². The van der Waals surface area contributed by atoms with Gasteiger partial charge < -0.3 is 4.52 Å². The minimum absolute atomic E-state index is 0.256. The molecule has 0 atom stereocenters. The van der Waals surface area contributed by atoms with E-state index in [0.717, 1.165) is 22.0 Å². The number of aryl methyl sites for hydroxylation is 1. The first-order chi connectivity index (χ1) is 8.25. The molecule has 0 N–H and O–H groups in total. The molecule has 0 saturated heterocycles. The molecular weight excluding hydrogens is 217 g/mol. The van der Waals surface area contributed by atoms with E-state index < -0.39 is 0 Å². The van der Waals surface area contributed by atoms with Crippen LogP contribution in [0, 0.1) is 12.7 Å². The molecule has 1 aromatic heterocycles. The number of hydrogen-bond acceptors (Lipinski definition) is 2. The van der Waals surface area contributed by atoms with Crippen molar-refractivity contribution in [1.82, 2.24) is 5.16 Å². The number of fused-ring (bicyclic) bond motifs is 1. The minimum Gasteiger partial charge on any atom is -0.355 e. The Hall–Kier alpha value is -2.16. The molecular formula is C14H10FNO. The Morgan fingerprint density at radius 3 is 2.59 bits per heavy atom. The number of nitrogens with zero attached hydrogens (tertiary/aromatic N) is 1. The van der Waals surface area contributed by atoms with Crippen LogP contribution in [0.15, 0.2) is 47.0 Å². The molecule has 3 rings (SSSR count). The van der Waals surface area contributed by atoms with Gasteiger partial charge in [-0.05, 0) is 42.8 Å². The molecule has 0 aliphatic carbocycles. The molecule has 0 fully saturated rings. The lowest BCUT2D eigenvalue weighted by molar-refractivity contribution is 0.440. The van der Waals surface area contributed by atoms with Gasteiger partial charge in [0.05, 0.1) is 0 Å². The van der Waals surface area contributed by atoms with E-state index in [4.69, 9.17) is 4.52 Å². The van der Waals surface area contributed by atoms with Crippen LogP contribution in [0.5, 0.6) is 0 Å². The predicted octanol–water partition coefficient (Wildman–Crippen LogP) is 3.94. The highest BCUT2D eigenvalue weighted by atomic mass is 19.1. The van der Waals surface area contributed by atoms with Gasteiger partial charge in [0.15, 0.2) is 5.76 Å². The maximum absolute atomic E-state index is 12.9. The molecule has 2 aromatic carbocycles. The molecule has 1 heterocycles. The van der Waals surface area contributed by atoms with Crippen molar-refractivity contribution in [3.8, 4) is 11.3 Å². The molecule has 0 unspecified atom stereocenters. The van der Waals surface area contributed by atoms with Crippen molar-refractivity contribution in [3.05, 3.63) is 53.8 Å². The molecule has 84 valence electrons. The van der Waals surface area contributed by atoms with Crippen LogP contribution in [0.1, 0.15) is 5.56 Å². The number of halogens is 1. The van der Waals surface area contributed by atoms with Crippen molar-refractivity contribution in [2.45, 2.75) is 6.92 Å².